The lowest BCUT2D eigenvalue weighted by Crippen LogP contribution is -2.61. The number of cyclic esters (lactones) is 1. The Kier molecular flexibility index (Phi) is 14.5. The molecule has 3 aliphatic rings. The Balaban J connectivity index is 1.45. The van der Waals surface area contributed by atoms with E-state index < -0.39 is 83.1 Å². The van der Waals surface area contributed by atoms with Gasteiger partial charge in [0.25, 0.3) is 5.67 Å². The van der Waals surface area contributed by atoms with E-state index >= 15 is 4.39 Å². The number of ether oxygens (including phenoxy) is 5. The van der Waals surface area contributed by atoms with Crippen LogP contribution in [0.1, 0.15) is 87.5 Å². The molecule has 13 atom stereocenters. The summed E-state index contributed by atoms with van der Waals surface area (Å²) in [5.41, 5.74) is 1.80. The number of fused-ring (bicyclic) bond motifs is 1. The van der Waals surface area contributed by atoms with Crippen molar-refractivity contribution in [3.05, 3.63) is 30.5 Å². The predicted molar refractivity (Wildman–Crippen MR) is 219 cm³/mol. The third-order valence-electron chi connectivity index (χ3n) is 12.9. The number of halogens is 1. The van der Waals surface area contributed by atoms with Crippen LogP contribution < -0.4 is 5.73 Å². The first-order chi connectivity index (χ1) is 28.1. The molecule has 4 heterocycles. The summed E-state index contributed by atoms with van der Waals surface area (Å²) >= 11 is 0. The number of hydrogen-bond donors (Lipinski definition) is 2. The first kappa shape index (κ1) is 47.0. The maximum absolute atomic E-state index is 16.9. The van der Waals surface area contributed by atoms with Gasteiger partial charge in [0.1, 0.15) is 23.7 Å². The van der Waals surface area contributed by atoms with Crippen LogP contribution in [0, 0.1) is 17.8 Å². The van der Waals surface area contributed by atoms with E-state index in [2.05, 4.69) is 10.3 Å². The lowest BCUT2D eigenvalue weighted by atomic mass is 9.73. The molecular formula is C43H65FN6O10. The second-order valence-corrected chi connectivity index (χ2v) is 17.8. The summed E-state index contributed by atoms with van der Waals surface area (Å²) in [6.07, 6.45) is -2.57. The molecule has 2 aromatic rings. The van der Waals surface area contributed by atoms with Crippen LogP contribution in [0.2, 0.25) is 0 Å². The molecule has 3 saturated heterocycles. The normalized spacial score (nSPS) is 37.1. The number of esters is 1. The maximum Gasteiger partial charge on any atom is 0.410 e. The van der Waals surface area contributed by atoms with E-state index in [4.69, 9.17) is 29.4 Å². The Morgan fingerprint density at radius 2 is 1.73 bits per heavy atom. The zero-order valence-corrected chi connectivity index (χ0v) is 36.9. The summed E-state index contributed by atoms with van der Waals surface area (Å²) in [7, 11) is 5.04. The monoisotopic (exact) mass is 844 g/mol. The van der Waals surface area contributed by atoms with Gasteiger partial charge >= 0.3 is 12.1 Å². The van der Waals surface area contributed by atoms with E-state index in [9.17, 15) is 24.3 Å². The number of carbonyl (C=O) groups excluding carboxylic acids is 4. The van der Waals surface area contributed by atoms with Crippen LogP contribution >= 0.6 is 0 Å². The van der Waals surface area contributed by atoms with Gasteiger partial charge in [-0.3, -0.25) is 14.3 Å². The van der Waals surface area contributed by atoms with Gasteiger partial charge in [-0.2, -0.15) is 0 Å². The number of carbonyl (C=O) groups is 4. The molecule has 0 radical (unpaired) electrons. The number of aliphatic hydroxyl groups excluding tert-OH is 1. The van der Waals surface area contributed by atoms with Crippen LogP contribution in [-0.2, 0) is 44.6 Å². The fourth-order valence-electron chi connectivity index (χ4n) is 9.51. The number of nitrogen functional groups attached to an aromatic ring is 1. The Morgan fingerprint density at radius 1 is 1.05 bits per heavy atom. The minimum Gasteiger partial charge on any atom is -0.455 e. The molecule has 3 fully saturated rings. The summed E-state index contributed by atoms with van der Waals surface area (Å²) < 4.78 is 49.2. The van der Waals surface area contributed by atoms with E-state index in [1.807, 2.05) is 50.3 Å². The Morgan fingerprint density at radius 3 is 2.37 bits per heavy atom. The molecule has 1 aromatic heterocycles. The number of alkyl halides is 1. The fraction of sp³-hybridized carbons (Fsp3) is 0.721. The number of nitrogens with two attached hydrogens (primary N) is 1. The second-order valence-electron chi connectivity index (χ2n) is 17.8. The topological polar surface area (TPSA) is 198 Å². The number of benzene rings is 1. The molecule has 1 aromatic carbocycles. The minimum atomic E-state index is -3.19. The molecule has 3 N–H and O–H groups in total. The van der Waals surface area contributed by atoms with Gasteiger partial charge in [-0.25, -0.2) is 14.0 Å². The van der Waals surface area contributed by atoms with Gasteiger partial charge in [0.2, 0.25) is 0 Å². The molecule has 1 amide bonds. The third kappa shape index (κ3) is 9.39. The average molecular weight is 845 g/mol. The molecule has 60 heavy (non-hydrogen) atoms. The van der Waals surface area contributed by atoms with E-state index in [1.54, 1.807) is 45.4 Å². The zero-order chi connectivity index (χ0) is 44.5. The number of rotatable bonds is 11. The highest BCUT2D eigenvalue weighted by Crippen LogP contribution is 2.44. The van der Waals surface area contributed by atoms with Gasteiger partial charge in [0.15, 0.2) is 17.7 Å². The summed E-state index contributed by atoms with van der Waals surface area (Å²) in [4.78, 5) is 60.1. The number of methoxy groups -OCH3 is 1. The second kappa shape index (κ2) is 18.5. The van der Waals surface area contributed by atoms with E-state index in [0.717, 1.165) is 12.5 Å². The molecule has 0 aliphatic carbocycles. The molecule has 5 unspecified atom stereocenters. The van der Waals surface area contributed by atoms with E-state index in [-0.39, 0.29) is 37.3 Å². The highest BCUT2D eigenvalue weighted by molar-refractivity contribution is 6.08. The summed E-state index contributed by atoms with van der Waals surface area (Å²) in [5.74, 6) is -5.85. The molecular weight excluding hydrogens is 780 g/mol. The van der Waals surface area contributed by atoms with Crippen molar-refractivity contribution in [3.63, 3.8) is 0 Å². The van der Waals surface area contributed by atoms with Crippen molar-refractivity contribution in [1.82, 2.24) is 24.8 Å². The van der Waals surface area contributed by atoms with Crippen LogP contribution in [0.3, 0.4) is 0 Å². The molecule has 17 heteroatoms. The van der Waals surface area contributed by atoms with Crippen molar-refractivity contribution in [1.29, 1.82) is 0 Å². The zero-order valence-electron chi connectivity index (χ0n) is 36.9. The van der Waals surface area contributed by atoms with Crippen LogP contribution in [-0.4, -0.2) is 141 Å². The van der Waals surface area contributed by atoms with Gasteiger partial charge < -0.3 is 44.3 Å². The summed E-state index contributed by atoms with van der Waals surface area (Å²) in [5, 5.41) is 19.9. The molecule has 5 rings (SSSR count). The van der Waals surface area contributed by atoms with Crippen molar-refractivity contribution in [2.45, 2.75) is 154 Å². The highest BCUT2D eigenvalue weighted by atomic mass is 19.1. The summed E-state index contributed by atoms with van der Waals surface area (Å²) in [6.45, 7) is 13.1. The number of aliphatic hydroxyl groups is 1. The first-order valence-electron chi connectivity index (χ1n) is 21.0. The lowest BCUT2D eigenvalue weighted by Gasteiger charge is -2.47. The number of anilines is 1. The van der Waals surface area contributed by atoms with Gasteiger partial charge in [0.05, 0.1) is 30.0 Å². The summed E-state index contributed by atoms with van der Waals surface area (Å²) in [6, 6.07) is 6.02. The van der Waals surface area contributed by atoms with E-state index in [0.29, 0.717) is 37.2 Å². The molecule has 16 nitrogen and oxygen atoms in total. The lowest BCUT2D eigenvalue weighted by molar-refractivity contribution is -0.295. The van der Waals surface area contributed by atoms with Crippen LogP contribution in [0.15, 0.2) is 30.5 Å². The van der Waals surface area contributed by atoms with E-state index in [1.165, 1.54) is 18.9 Å². The molecule has 334 valence electrons. The highest BCUT2D eigenvalue weighted by Gasteiger charge is 2.61. The number of nitrogens with zero attached hydrogens (tertiary/aromatic N) is 5. The van der Waals surface area contributed by atoms with Crippen LogP contribution in [0.5, 0.6) is 0 Å². The van der Waals surface area contributed by atoms with Gasteiger partial charge in [-0.05, 0) is 86.0 Å². The molecule has 0 spiro atoms. The van der Waals surface area contributed by atoms with Gasteiger partial charge in [-0.1, -0.05) is 45.0 Å². The smallest absolute Gasteiger partial charge is 0.410 e. The largest absolute Gasteiger partial charge is 0.455 e. The number of amides is 1. The number of aryl methyl sites for hydroxylation is 1. The number of unbranched alkanes of at least 4 members (excludes halogenated alkanes) is 1. The van der Waals surface area contributed by atoms with Gasteiger partial charge in [-0.15, -0.1) is 5.10 Å². The van der Waals surface area contributed by atoms with Gasteiger partial charge in [0, 0.05) is 55.2 Å². The number of ketones is 2. The predicted octanol–water partition coefficient (Wildman–Crippen LogP) is 4.60. The fourth-order valence-corrected chi connectivity index (χ4v) is 9.51. The molecule has 0 bridgehead atoms. The van der Waals surface area contributed by atoms with Crippen LogP contribution in [0.25, 0.3) is 11.3 Å². The molecule has 3 aliphatic heterocycles. The minimum absolute atomic E-state index is 0.0111. The van der Waals surface area contributed by atoms with Crippen molar-refractivity contribution < 1.29 is 52.4 Å². The Bertz CT molecular complexity index is 1860. The van der Waals surface area contributed by atoms with Crippen molar-refractivity contribution >= 4 is 29.3 Å². The Hall–Kier alpha value is -4.03. The van der Waals surface area contributed by atoms with Crippen molar-refractivity contribution in [2.75, 3.05) is 33.5 Å². The number of likely N-dealkylation sites (N-methyl/N-ethyl adjacent to an activating group) is 1. The standard InChI is InChI=1S/C43H65FN6O10/c1-12-32-43(8)35(50(40(55)60-43)19-14-13-18-49-23-30(46-47-49)28-16-15-17-29(45)21-28)26(4)33(51)24(2)22-41(6,56-11)37(27(5)36(53)42(7,44)39(54)58-32)59-38-34(52)31(48(9)10)20-25(3)57-38/h15-17,21,23-27,31-32,34-35,37-38,52H,12-14,18-20,22,45H2,1-11H3/t24-,25?,26+,27+,31?,32-,34?,35?,37-,38?,41+,42+,43-/m1/s1. The quantitative estimate of drug-likeness (QED) is 0.138. The first-order valence-corrected chi connectivity index (χ1v) is 21.0. The number of aromatic nitrogens is 3. The van der Waals surface area contributed by atoms with Crippen molar-refractivity contribution in [2.24, 2.45) is 17.8 Å². The number of Topliss-reactive ketones (excluding diaryl/α,β-unsaturated/α-hetero) is 2. The number of hydrogen-bond acceptors (Lipinski definition) is 14. The Labute approximate surface area is 352 Å². The maximum atomic E-state index is 16.9. The SMILES string of the molecule is CC[C@H]1OC(=O)[C@@](C)(F)C(=O)[C@H](C)[C@@H](OC2OC(C)CC(N(C)C)C2O)[C@@](C)(OC)C[C@@H](C)C(=O)[C@H](C)C2N(CCCCn3cc(-c4cccc(N)c4)nn3)C(=O)O[C@@]21C. The van der Waals surface area contributed by atoms with Crippen molar-refractivity contribution in [3.8, 4) is 11.3 Å². The average Bonchev–Trinajstić information content (AvgIpc) is 3.78. The third-order valence-corrected chi connectivity index (χ3v) is 12.9. The molecule has 0 saturated carbocycles. The van der Waals surface area contributed by atoms with Crippen LogP contribution in [0.4, 0.5) is 14.9 Å².